The van der Waals surface area contributed by atoms with Crippen molar-refractivity contribution in [2.45, 2.75) is 37.1 Å². The third-order valence-electron chi connectivity index (χ3n) is 5.46. The van der Waals surface area contributed by atoms with Gasteiger partial charge in [-0.1, -0.05) is 36.4 Å². The molecule has 0 aliphatic carbocycles. The van der Waals surface area contributed by atoms with Gasteiger partial charge in [-0.05, 0) is 17.7 Å². The maximum absolute atomic E-state index is 11.6. The highest BCUT2D eigenvalue weighted by Gasteiger charge is 2.43. The minimum Gasteiger partial charge on any atom is -0.465 e. The first kappa shape index (κ1) is 23.9. The van der Waals surface area contributed by atoms with Crippen molar-refractivity contribution in [1.29, 1.82) is 0 Å². The lowest BCUT2D eigenvalue weighted by Crippen LogP contribution is -2.76. The van der Waals surface area contributed by atoms with E-state index < -0.39 is 37.1 Å². The maximum Gasteiger partial charge on any atom is 0.337 e. The zero-order chi connectivity index (χ0) is 23.3. The topological polar surface area (TPSA) is 159 Å². The molecule has 9 nitrogen and oxygen atoms in total. The van der Waals surface area contributed by atoms with E-state index >= 15 is 0 Å². The summed E-state index contributed by atoms with van der Waals surface area (Å²) in [5.74, 6) is -0.388. The van der Waals surface area contributed by atoms with Gasteiger partial charge in [0.05, 0.1) is 25.0 Å². The number of aliphatic hydroxyl groups excluding tert-OH is 4. The third kappa shape index (κ3) is 5.33. The van der Waals surface area contributed by atoms with Gasteiger partial charge in [0.25, 0.3) is 0 Å². The van der Waals surface area contributed by atoms with Gasteiger partial charge >= 0.3 is 5.97 Å². The highest BCUT2D eigenvalue weighted by Crippen LogP contribution is 2.32. The zero-order valence-corrected chi connectivity index (χ0v) is 17.7. The number of methoxy groups -OCH3 is 1. The number of nitrogens with two attached hydrogens (primary N) is 2. The van der Waals surface area contributed by atoms with Gasteiger partial charge in [0.1, 0.15) is 43.3 Å². The summed E-state index contributed by atoms with van der Waals surface area (Å²) in [6.45, 7) is 0.0993. The molecule has 0 amide bonds. The highest BCUT2D eigenvalue weighted by atomic mass is 16.5. The molecule has 1 heterocycles. The Bertz CT molecular complexity index is 946. The normalized spacial score (nSPS) is 26.0. The molecule has 0 spiro atoms. The monoisotopic (exact) mass is 445 g/mol. The predicted octanol–water partition coefficient (Wildman–Crippen LogP) is -0.991. The van der Waals surface area contributed by atoms with Crippen molar-refractivity contribution >= 4 is 11.7 Å². The molecule has 1 aliphatic rings. The average Bonchev–Trinajstić information content (AvgIpc) is 2.82. The highest BCUT2D eigenvalue weighted by molar-refractivity contribution is 5.89. The Morgan fingerprint density at radius 2 is 1.81 bits per heavy atom. The Balaban J connectivity index is 1.64. The van der Waals surface area contributed by atoms with Crippen LogP contribution in [0.3, 0.4) is 0 Å². The molecular formula is C23H29N2O7+. The van der Waals surface area contributed by atoms with Crippen LogP contribution < -0.4 is 11.1 Å². The Morgan fingerprint density at radius 1 is 1.09 bits per heavy atom. The van der Waals surface area contributed by atoms with E-state index in [0.717, 1.165) is 11.1 Å². The lowest BCUT2D eigenvalue weighted by molar-refractivity contribution is -0.604. The molecule has 1 fully saturated rings. The Labute approximate surface area is 185 Å². The van der Waals surface area contributed by atoms with Crippen molar-refractivity contribution in [2.24, 2.45) is 5.73 Å². The minimum absolute atomic E-state index is 0.388. The molecule has 172 valence electrons. The van der Waals surface area contributed by atoms with E-state index in [2.05, 4.69) is 0 Å². The number of carbonyl (C=O) groups excluding carboxylic acids is 1. The van der Waals surface area contributed by atoms with Gasteiger partial charge in [-0.3, -0.25) is 0 Å². The summed E-state index contributed by atoms with van der Waals surface area (Å²) >= 11 is 0. The second-order valence-corrected chi connectivity index (χ2v) is 7.63. The zero-order valence-electron chi connectivity index (χ0n) is 17.7. The molecule has 5 unspecified atom stereocenters. The number of ether oxygens (including phenoxy) is 2. The van der Waals surface area contributed by atoms with Crippen LogP contribution in [-0.4, -0.2) is 64.5 Å². The van der Waals surface area contributed by atoms with Crippen LogP contribution in [0.4, 0.5) is 0 Å². The molecule has 0 aromatic heterocycles. The molecule has 1 aliphatic heterocycles. The van der Waals surface area contributed by atoms with E-state index in [1.807, 2.05) is 11.4 Å². The van der Waals surface area contributed by atoms with Crippen LogP contribution in [0.25, 0.3) is 5.70 Å². The first-order valence-corrected chi connectivity index (χ1v) is 10.2. The summed E-state index contributed by atoms with van der Waals surface area (Å²) in [6, 6.07) is 14.1. The van der Waals surface area contributed by atoms with E-state index in [0.29, 0.717) is 23.4 Å². The Kier molecular flexibility index (Phi) is 7.97. The SMILES string of the molecule is COC(=O)c1cccc(C[NH2+]C=C(N)c2ccc(C3OC(CO)C(O)C(O)C3O)cc2)c1. The number of quaternary nitrogens is 1. The molecule has 9 heteroatoms. The fourth-order valence-corrected chi connectivity index (χ4v) is 3.60. The van der Waals surface area contributed by atoms with Crippen LogP contribution in [0.1, 0.15) is 33.2 Å². The summed E-state index contributed by atoms with van der Waals surface area (Å²) in [7, 11) is 1.34. The van der Waals surface area contributed by atoms with Gasteiger partial charge in [0, 0.05) is 11.1 Å². The van der Waals surface area contributed by atoms with E-state index in [4.69, 9.17) is 15.2 Å². The average molecular weight is 445 g/mol. The van der Waals surface area contributed by atoms with Crippen LogP contribution in [-0.2, 0) is 16.0 Å². The van der Waals surface area contributed by atoms with Crippen molar-refractivity contribution in [2.75, 3.05) is 13.7 Å². The summed E-state index contributed by atoms with van der Waals surface area (Å²) in [5, 5.41) is 41.4. The lowest BCUT2D eigenvalue weighted by Gasteiger charge is -2.40. The van der Waals surface area contributed by atoms with Crippen LogP contribution in [0.5, 0.6) is 0 Å². The second kappa shape index (κ2) is 10.7. The molecule has 5 atom stereocenters. The molecule has 2 aromatic rings. The van der Waals surface area contributed by atoms with Crippen LogP contribution in [0.15, 0.2) is 54.7 Å². The van der Waals surface area contributed by atoms with E-state index in [1.54, 1.807) is 48.7 Å². The van der Waals surface area contributed by atoms with E-state index in [1.165, 1.54) is 7.11 Å². The molecule has 2 aromatic carbocycles. The summed E-state index contributed by atoms with van der Waals surface area (Å²) in [4.78, 5) is 11.6. The van der Waals surface area contributed by atoms with Crippen molar-refractivity contribution in [1.82, 2.24) is 0 Å². The predicted molar refractivity (Wildman–Crippen MR) is 115 cm³/mol. The number of esters is 1. The minimum atomic E-state index is -1.43. The number of benzene rings is 2. The number of rotatable bonds is 7. The molecule has 8 N–H and O–H groups in total. The summed E-state index contributed by atoms with van der Waals surface area (Å²) in [6.07, 6.45) is -4.24. The number of hydrogen-bond donors (Lipinski definition) is 6. The molecule has 0 radical (unpaired) electrons. The van der Waals surface area contributed by atoms with Crippen molar-refractivity contribution in [3.05, 3.63) is 77.0 Å². The Hall–Kier alpha value is -2.79. The van der Waals surface area contributed by atoms with Gasteiger partial charge in [0.15, 0.2) is 0 Å². The molecule has 1 saturated heterocycles. The van der Waals surface area contributed by atoms with Gasteiger partial charge in [-0.2, -0.15) is 0 Å². The van der Waals surface area contributed by atoms with Gasteiger partial charge in [-0.15, -0.1) is 0 Å². The van der Waals surface area contributed by atoms with Gasteiger partial charge < -0.3 is 41.0 Å². The fraction of sp³-hybridized carbons (Fsp3) is 0.348. The molecule has 3 rings (SSSR count). The number of carbonyl (C=O) groups is 1. The molecule has 32 heavy (non-hydrogen) atoms. The number of aliphatic hydroxyl groups is 4. The molecule has 0 saturated carbocycles. The van der Waals surface area contributed by atoms with Crippen LogP contribution in [0.2, 0.25) is 0 Å². The van der Waals surface area contributed by atoms with Crippen molar-refractivity contribution in [3.8, 4) is 0 Å². The largest absolute Gasteiger partial charge is 0.465 e. The lowest BCUT2D eigenvalue weighted by atomic mass is 9.91. The maximum atomic E-state index is 11.6. The fourth-order valence-electron chi connectivity index (χ4n) is 3.60. The number of hydrogen-bond acceptors (Lipinski definition) is 8. The van der Waals surface area contributed by atoms with Gasteiger partial charge in [0.2, 0.25) is 0 Å². The summed E-state index contributed by atoms with van der Waals surface area (Å²) in [5.41, 5.74) is 9.45. The second-order valence-electron chi connectivity index (χ2n) is 7.63. The van der Waals surface area contributed by atoms with Crippen LogP contribution >= 0.6 is 0 Å². The first-order chi connectivity index (χ1) is 15.3. The standard InChI is InChI=1S/C23H28N2O7/c1-31-23(30)16-4-2-3-13(9-16)10-25-11-17(24)14-5-7-15(8-6-14)22-21(29)20(28)19(27)18(12-26)32-22/h2-9,11,18-22,25-29H,10,12,24H2,1H3/p+1. The van der Waals surface area contributed by atoms with Crippen LogP contribution in [0, 0.1) is 0 Å². The van der Waals surface area contributed by atoms with Gasteiger partial charge in [-0.25, -0.2) is 4.79 Å². The van der Waals surface area contributed by atoms with Crippen molar-refractivity contribution in [3.63, 3.8) is 0 Å². The smallest absolute Gasteiger partial charge is 0.337 e. The molecule has 0 bridgehead atoms. The summed E-state index contributed by atoms with van der Waals surface area (Å²) < 4.78 is 10.3. The third-order valence-corrected chi connectivity index (χ3v) is 5.46. The quantitative estimate of drug-likeness (QED) is 0.296. The van der Waals surface area contributed by atoms with Crippen molar-refractivity contribution < 1.29 is 40.0 Å². The first-order valence-electron chi connectivity index (χ1n) is 10.2. The van der Waals surface area contributed by atoms with E-state index in [9.17, 15) is 25.2 Å². The molecular weight excluding hydrogens is 416 g/mol. The van der Waals surface area contributed by atoms with E-state index in [-0.39, 0.29) is 5.97 Å². The Morgan fingerprint density at radius 3 is 2.47 bits per heavy atom.